The van der Waals surface area contributed by atoms with Crippen LogP contribution in [-0.4, -0.2) is 56.7 Å². The maximum absolute atomic E-state index is 13.9. The Morgan fingerprint density at radius 3 is 2.50 bits per heavy atom. The number of nitrogens with one attached hydrogen (secondary N) is 1. The average molecular weight is 385 g/mol. The van der Waals surface area contributed by atoms with Crippen molar-refractivity contribution in [2.75, 3.05) is 50.8 Å². The van der Waals surface area contributed by atoms with Gasteiger partial charge in [0.1, 0.15) is 11.6 Å². The number of para-hydroxylation sites is 1. The molecular formula is C22H28FN3O2. The molecule has 1 heterocycles. The Kier molecular flexibility index (Phi) is 7.25. The Labute approximate surface area is 166 Å². The first-order valence-electron chi connectivity index (χ1n) is 9.80. The minimum Gasteiger partial charge on any atom is -0.484 e. The average Bonchev–Trinajstić information content (AvgIpc) is 2.72. The molecule has 1 aliphatic rings. The zero-order valence-electron chi connectivity index (χ0n) is 16.4. The fraction of sp³-hybridized carbons (Fsp3) is 0.409. The molecule has 1 fully saturated rings. The van der Waals surface area contributed by atoms with Gasteiger partial charge in [-0.1, -0.05) is 29.8 Å². The molecule has 0 saturated carbocycles. The van der Waals surface area contributed by atoms with E-state index in [1.165, 1.54) is 6.07 Å². The van der Waals surface area contributed by atoms with Gasteiger partial charge in [-0.15, -0.1) is 0 Å². The second-order valence-corrected chi connectivity index (χ2v) is 7.09. The molecule has 6 heteroatoms. The molecule has 0 radical (unpaired) electrons. The molecule has 0 unspecified atom stereocenters. The Hall–Kier alpha value is -2.60. The van der Waals surface area contributed by atoms with Gasteiger partial charge in [-0.25, -0.2) is 4.39 Å². The van der Waals surface area contributed by atoms with Crippen molar-refractivity contribution in [2.24, 2.45) is 0 Å². The topological polar surface area (TPSA) is 44.8 Å². The zero-order chi connectivity index (χ0) is 19.8. The van der Waals surface area contributed by atoms with E-state index < -0.39 is 0 Å². The fourth-order valence-corrected chi connectivity index (χ4v) is 3.29. The Bertz CT molecular complexity index is 759. The number of hydrogen-bond donors (Lipinski definition) is 1. The molecule has 28 heavy (non-hydrogen) atoms. The van der Waals surface area contributed by atoms with E-state index in [9.17, 15) is 9.18 Å². The maximum Gasteiger partial charge on any atom is 0.257 e. The van der Waals surface area contributed by atoms with E-state index in [1.54, 1.807) is 6.07 Å². The molecule has 0 aromatic heterocycles. The summed E-state index contributed by atoms with van der Waals surface area (Å²) in [5.41, 5.74) is 1.84. The second-order valence-electron chi connectivity index (χ2n) is 7.09. The summed E-state index contributed by atoms with van der Waals surface area (Å²) < 4.78 is 19.4. The highest BCUT2D eigenvalue weighted by molar-refractivity contribution is 5.77. The molecule has 0 spiro atoms. The van der Waals surface area contributed by atoms with Gasteiger partial charge in [0.2, 0.25) is 0 Å². The summed E-state index contributed by atoms with van der Waals surface area (Å²) in [6.45, 7) is 7.03. The van der Waals surface area contributed by atoms with Crippen molar-refractivity contribution in [1.29, 1.82) is 0 Å². The number of nitrogens with zero attached hydrogens (tertiary/aromatic N) is 2. The molecule has 0 aliphatic carbocycles. The Morgan fingerprint density at radius 1 is 1.07 bits per heavy atom. The van der Waals surface area contributed by atoms with Gasteiger partial charge in [-0.05, 0) is 44.2 Å². The van der Waals surface area contributed by atoms with E-state index in [0.717, 1.165) is 44.7 Å². The summed E-state index contributed by atoms with van der Waals surface area (Å²) in [4.78, 5) is 16.3. The lowest BCUT2D eigenvalue weighted by Crippen LogP contribution is -2.47. The summed E-state index contributed by atoms with van der Waals surface area (Å²) in [5, 5.41) is 2.90. The van der Waals surface area contributed by atoms with Crippen molar-refractivity contribution >= 4 is 11.6 Å². The largest absolute Gasteiger partial charge is 0.484 e. The third-order valence-corrected chi connectivity index (χ3v) is 4.93. The number of carbonyl (C=O) groups is 1. The maximum atomic E-state index is 13.9. The lowest BCUT2D eigenvalue weighted by atomic mass is 10.2. The summed E-state index contributed by atoms with van der Waals surface area (Å²) in [6.07, 6.45) is 0.885. The standard InChI is InChI=1S/C22H28FN3O2/c1-18-7-9-19(10-8-18)28-17-22(27)24-11-4-12-25-13-15-26(16-14-25)21-6-3-2-5-20(21)23/h2-3,5-10H,4,11-17H2,1H3,(H,24,27). The van der Waals surface area contributed by atoms with Gasteiger partial charge in [-0.3, -0.25) is 9.69 Å². The second kappa shape index (κ2) is 10.1. The summed E-state index contributed by atoms with van der Waals surface area (Å²) >= 11 is 0. The van der Waals surface area contributed by atoms with Gasteiger partial charge >= 0.3 is 0 Å². The smallest absolute Gasteiger partial charge is 0.257 e. The monoisotopic (exact) mass is 385 g/mol. The van der Waals surface area contributed by atoms with Crippen molar-refractivity contribution in [3.05, 3.63) is 59.9 Å². The van der Waals surface area contributed by atoms with Gasteiger partial charge < -0.3 is 15.0 Å². The molecule has 0 bridgehead atoms. The lowest BCUT2D eigenvalue weighted by molar-refractivity contribution is -0.123. The van der Waals surface area contributed by atoms with Gasteiger partial charge in [0, 0.05) is 32.7 Å². The number of benzene rings is 2. The van der Waals surface area contributed by atoms with Crippen LogP contribution < -0.4 is 15.0 Å². The van der Waals surface area contributed by atoms with Crippen molar-refractivity contribution < 1.29 is 13.9 Å². The number of amides is 1. The first kappa shape index (κ1) is 20.1. The third-order valence-electron chi connectivity index (χ3n) is 4.93. The SMILES string of the molecule is Cc1ccc(OCC(=O)NCCCN2CCN(c3ccccc3F)CC2)cc1. The van der Waals surface area contributed by atoms with E-state index in [-0.39, 0.29) is 18.3 Å². The highest BCUT2D eigenvalue weighted by atomic mass is 19.1. The van der Waals surface area contributed by atoms with E-state index in [4.69, 9.17) is 4.74 Å². The van der Waals surface area contributed by atoms with Gasteiger partial charge in [0.25, 0.3) is 5.91 Å². The number of piperazine rings is 1. The quantitative estimate of drug-likeness (QED) is 0.710. The molecule has 3 rings (SSSR count). The van der Waals surface area contributed by atoms with Gasteiger partial charge in [0.15, 0.2) is 6.61 Å². The van der Waals surface area contributed by atoms with Crippen LogP contribution in [0.4, 0.5) is 10.1 Å². The molecule has 1 N–H and O–H groups in total. The zero-order valence-corrected chi connectivity index (χ0v) is 16.4. The van der Waals surface area contributed by atoms with Crippen LogP contribution in [0.5, 0.6) is 5.75 Å². The van der Waals surface area contributed by atoms with Crippen LogP contribution in [0.2, 0.25) is 0 Å². The van der Waals surface area contributed by atoms with E-state index in [0.29, 0.717) is 18.0 Å². The van der Waals surface area contributed by atoms with Crippen molar-refractivity contribution in [3.63, 3.8) is 0 Å². The number of rotatable bonds is 8. The van der Waals surface area contributed by atoms with Crippen molar-refractivity contribution in [3.8, 4) is 5.75 Å². The van der Waals surface area contributed by atoms with E-state index in [2.05, 4.69) is 15.1 Å². The number of aryl methyl sites for hydroxylation is 1. The van der Waals surface area contributed by atoms with Gasteiger partial charge in [0.05, 0.1) is 5.69 Å². The number of hydrogen-bond acceptors (Lipinski definition) is 4. The molecule has 1 aliphatic heterocycles. The number of carbonyl (C=O) groups excluding carboxylic acids is 1. The number of ether oxygens (including phenoxy) is 1. The summed E-state index contributed by atoms with van der Waals surface area (Å²) in [6, 6.07) is 14.6. The van der Waals surface area contributed by atoms with Crippen LogP contribution >= 0.6 is 0 Å². The molecule has 2 aromatic carbocycles. The molecule has 0 atom stereocenters. The van der Waals surface area contributed by atoms with Crippen LogP contribution in [-0.2, 0) is 4.79 Å². The number of halogens is 1. The van der Waals surface area contributed by atoms with Crippen LogP contribution in [0.1, 0.15) is 12.0 Å². The minimum absolute atomic E-state index is 0.0321. The summed E-state index contributed by atoms with van der Waals surface area (Å²) in [7, 11) is 0. The summed E-state index contributed by atoms with van der Waals surface area (Å²) in [5.74, 6) is 0.435. The Balaban J connectivity index is 1.28. The minimum atomic E-state index is -0.161. The fourth-order valence-electron chi connectivity index (χ4n) is 3.29. The van der Waals surface area contributed by atoms with E-state index >= 15 is 0 Å². The predicted molar refractivity (Wildman–Crippen MR) is 109 cm³/mol. The lowest BCUT2D eigenvalue weighted by Gasteiger charge is -2.36. The van der Waals surface area contributed by atoms with Crippen LogP contribution in [0, 0.1) is 12.7 Å². The first-order valence-corrected chi connectivity index (χ1v) is 9.80. The highest BCUT2D eigenvalue weighted by Gasteiger charge is 2.18. The third kappa shape index (κ3) is 5.96. The van der Waals surface area contributed by atoms with Crippen molar-refractivity contribution in [1.82, 2.24) is 10.2 Å². The molecule has 5 nitrogen and oxygen atoms in total. The van der Waals surface area contributed by atoms with Crippen molar-refractivity contribution in [2.45, 2.75) is 13.3 Å². The normalized spacial score (nSPS) is 14.7. The van der Waals surface area contributed by atoms with E-state index in [1.807, 2.05) is 43.3 Å². The van der Waals surface area contributed by atoms with Crippen LogP contribution in [0.3, 0.4) is 0 Å². The van der Waals surface area contributed by atoms with Crippen LogP contribution in [0.15, 0.2) is 48.5 Å². The molecule has 2 aromatic rings. The predicted octanol–water partition coefficient (Wildman–Crippen LogP) is 2.84. The van der Waals surface area contributed by atoms with Gasteiger partial charge in [-0.2, -0.15) is 0 Å². The highest BCUT2D eigenvalue weighted by Crippen LogP contribution is 2.20. The Morgan fingerprint density at radius 2 is 1.79 bits per heavy atom. The molecular weight excluding hydrogens is 357 g/mol. The van der Waals surface area contributed by atoms with Crippen LogP contribution in [0.25, 0.3) is 0 Å². The molecule has 1 amide bonds. The first-order chi connectivity index (χ1) is 13.6. The molecule has 150 valence electrons. The molecule has 1 saturated heterocycles. The number of anilines is 1.